The number of hydrogen-bond donors (Lipinski definition) is 2. The number of nitrogens with two attached hydrogens (primary N) is 1. The van der Waals surface area contributed by atoms with Crippen LogP contribution >= 0.6 is 11.3 Å². The molecule has 2 aromatic heterocycles. The van der Waals surface area contributed by atoms with Crippen molar-refractivity contribution in [2.45, 2.75) is 19.1 Å². The largest absolute Gasteiger partial charge is 0.391 e. The van der Waals surface area contributed by atoms with Gasteiger partial charge in [-0.1, -0.05) is 11.2 Å². The Kier molecular flexibility index (Phi) is 2.81. The monoisotopic (exact) mass is 225 g/mol. The van der Waals surface area contributed by atoms with E-state index in [-0.39, 0.29) is 5.89 Å². The van der Waals surface area contributed by atoms with Crippen LogP contribution in [0.5, 0.6) is 0 Å². The molecule has 0 aliphatic rings. The van der Waals surface area contributed by atoms with Gasteiger partial charge in [0.05, 0.1) is 11.0 Å². The van der Waals surface area contributed by atoms with Gasteiger partial charge in [0.1, 0.15) is 6.04 Å². The Balaban J connectivity index is 2.25. The Hall–Kier alpha value is -1.24. The summed E-state index contributed by atoms with van der Waals surface area (Å²) >= 11 is 1.52. The number of hydrogen-bond acceptors (Lipinski definition) is 6. The first kappa shape index (κ1) is 10.3. The molecule has 2 rings (SSSR count). The minimum Gasteiger partial charge on any atom is -0.391 e. The standard InChI is InChI=1S/C9H11N3O2S/c1-5(13)7(10)9-11-8(12-14-9)6-3-2-4-15-6/h2-5,7,13H,10H2,1H3/t5-,7+/m1/s1. The molecule has 80 valence electrons. The Morgan fingerprint density at radius 3 is 3.00 bits per heavy atom. The lowest BCUT2D eigenvalue weighted by Crippen LogP contribution is -2.23. The molecule has 0 radical (unpaired) electrons. The maximum atomic E-state index is 9.26. The molecular weight excluding hydrogens is 214 g/mol. The average molecular weight is 225 g/mol. The van der Waals surface area contributed by atoms with Crippen LogP contribution in [0.4, 0.5) is 0 Å². The quantitative estimate of drug-likeness (QED) is 0.819. The fourth-order valence-electron chi connectivity index (χ4n) is 1.08. The Bertz CT molecular complexity index is 424. The fourth-order valence-corrected chi connectivity index (χ4v) is 1.73. The van der Waals surface area contributed by atoms with Gasteiger partial charge in [-0.2, -0.15) is 4.98 Å². The minimum atomic E-state index is -0.707. The first-order valence-electron chi connectivity index (χ1n) is 4.49. The summed E-state index contributed by atoms with van der Waals surface area (Å²) in [5, 5.41) is 15.0. The molecule has 0 spiro atoms. The van der Waals surface area contributed by atoms with Crippen molar-refractivity contribution in [3.63, 3.8) is 0 Å². The summed E-state index contributed by atoms with van der Waals surface area (Å²) in [6.07, 6.45) is -0.707. The molecule has 0 bridgehead atoms. The topological polar surface area (TPSA) is 85.2 Å². The van der Waals surface area contributed by atoms with E-state index in [2.05, 4.69) is 10.1 Å². The molecule has 0 amide bonds. The highest BCUT2D eigenvalue weighted by Crippen LogP contribution is 2.23. The Morgan fingerprint density at radius 1 is 1.60 bits per heavy atom. The van der Waals surface area contributed by atoms with Gasteiger partial charge in [0.15, 0.2) is 0 Å². The fraction of sp³-hybridized carbons (Fsp3) is 0.333. The summed E-state index contributed by atoms with van der Waals surface area (Å²) in [5.74, 6) is 0.768. The Morgan fingerprint density at radius 2 is 2.40 bits per heavy atom. The van der Waals surface area contributed by atoms with Crippen molar-refractivity contribution in [1.82, 2.24) is 10.1 Å². The second kappa shape index (κ2) is 4.09. The molecule has 0 saturated carbocycles. The van der Waals surface area contributed by atoms with Crippen LogP contribution in [0.2, 0.25) is 0 Å². The van der Waals surface area contributed by atoms with Crippen molar-refractivity contribution in [3.05, 3.63) is 23.4 Å². The first-order valence-corrected chi connectivity index (χ1v) is 5.37. The third-order valence-electron chi connectivity index (χ3n) is 1.99. The van der Waals surface area contributed by atoms with Crippen molar-refractivity contribution in [1.29, 1.82) is 0 Å². The maximum absolute atomic E-state index is 9.26. The highest BCUT2D eigenvalue weighted by Gasteiger charge is 2.20. The predicted octanol–water partition coefficient (Wildman–Crippen LogP) is 1.18. The third-order valence-corrected chi connectivity index (χ3v) is 2.85. The maximum Gasteiger partial charge on any atom is 0.246 e. The van der Waals surface area contributed by atoms with Crippen LogP contribution in [0, 0.1) is 0 Å². The van der Waals surface area contributed by atoms with Crippen molar-refractivity contribution in [2.75, 3.05) is 0 Å². The van der Waals surface area contributed by atoms with Gasteiger partial charge in [0.25, 0.3) is 0 Å². The van der Waals surface area contributed by atoms with Crippen molar-refractivity contribution in [3.8, 4) is 10.7 Å². The molecule has 2 heterocycles. The van der Waals surface area contributed by atoms with Gasteiger partial charge in [0, 0.05) is 0 Å². The SMILES string of the molecule is C[C@@H](O)[C@H](N)c1nc(-c2cccs2)no1. The van der Waals surface area contributed by atoms with Crippen LogP contribution in [-0.4, -0.2) is 21.4 Å². The number of thiophene rings is 1. The van der Waals surface area contributed by atoms with E-state index in [1.807, 2.05) is 17.5 Å². The number of aliphatic hydroxyl groups excluding tert-OH is 1. The predicted molar refractivity (Wildman–Crippen MR) is 56.2 cm³/mol. The molecule has 6 heteroatoms. The lowest BCUT2D eigenvalue weighted by atomic mass is 10.2. The lowest BCUT2D eigenvalue weighted by Gasteiger charge is -2.08. The third kappa shape index (κ3) is 2.06. The highest BCUT2D eigenvalue weighted by molar-refractivity contribution is 7.13. The number of aliphatic hydroxyl groups is 1. The summed E-state index contributed by atoms with van der Waals surface area (Å²) < 4.78 is 4.97. The number of aromatic nitrogens is 2. The summed E-state index contributed by atoms with van der Waals surface area (Å²) in [7, 11) is 0. The minimum absolute atomic E-state index is 0.258. The molecule has 0 unspecified atom stereocenters. The number of nitrogens with zero attached hydrogens (tertiary/aromatic N) is 2. The van der Waals surface area contributed by atoms with Crippen LogP contribution in [-0.2, 0) is 0 Å². The van der Waals surface area contributed by atoms with Gasteiger partial charge < -0.3 is 15.4 Å². The molecule has 0 fully saturated rings. The highest BCUT2D eigenvalue weighted by atomic mass is 32.1. The summed E-state index contributed by atoms with van der Waals surface area (Å²) in [6, 6.07) is 3.17. The van der Waals surface area contributed by atoms with Crippen LogP contribution in [0.3, 0.4) is 0 Å². The van der Waals surface area contributed by atoms with Gasteiger partial charge in [0.2, 0.25) is 11.7 Å². The molecule has 15 heavy (non-hydrogen) atoms. The lowest BCUT2D eigenvalue weighted by molar-refractivity contribution is 0.146. The molecule has 5 nitrogen and oxygen atoms in total. The zero-order valence-corrected chi connectivity index (χ0v) is 8.94. The van der Waals surface area contributed by atoms with Crippen molar-refractivity contribution >= 4 is 11.3 Å². The van der Waals surface area contributed by atoms with E-state index in [1.54, 1.807) is 6.92 Å². The number of rotatable bonds is 3. The molecule has 2 atom stereocenters. The van der Waals surface area contributed by atoms with Crippen LogP contribution in [0.15, 0.2) is 22.0 Å². The van der Waals surface area contributed by atoms with E-state index in [1.165, 1.54) is 11.3 Å². The molecule has 2 aromatic rings. The van der Waals surface area contributed by atoms with Gasteiger partial charge >= 0.3 is 0 Å². The molecule has 0 saturated heterocycles. The molecule has 0 aliphatic carbocycles. The molecule has 0 aromatic carbocycles. The van der Waals surface area contributed by atoms with Gasteiger partial charge in [-0.05, 0) is 18.4 Å². The van der Waals surface area contributed by atoms with E-state index in [0.29, 0.717) is 5.82 Å². The van der Waals surface area contributed by atoms with E-state index in [0.717, 1.165) is 4.88 Å². The molecule has 0 aliphatic heterocycles. The Labute approximate surface area is 90.5 Å². The van der Waals surface area contributed by atoms with E-state index < -0.39 is 12.1 Å². The van der Waals surface area contributed by atoms with Crippen LogP contribution in [0.1, 0.15) is 18.9 Å². The molecular formula is C9H11N3O2S. The smallest absolute Gasteiger partial charge is 0.246 e. The first-order chi connectivity index (χ1) is 7.18. The van der Waals surface area contributed by atoms with E-state index in [4.69, 9.17) is 10.3 Å². The van der Waals surface area contributed by atoms with Crippen molar-refractivity contribution < 1.29 is 9.63 Å². The zero-order valence-electron chi connectivity index (χ0n) is 8.12. The van der Waals surface area contributed by atoms with Gasteiger partial charge in [-0.3, -0.25) is 0 Å². The summed E-state index contributed by atoms with van der Waals surface area (Å²) in [6.45, 7) is 1.58. The van der Waals surface area contributed by atoms with E-state index in [9.17, 15) is 5.11 Å². The average Bonchev–Trinajstić information content (AvgIpc) is 2.86. The summed E-state index contributed by atoms with van der Waals surface area (Å²) in [4.78, 5) is 5.04. The van der Waals surface area contributed by atoms with Crippen LogP contribution in [0.25, 0.3) is 10.7 Å². The summed E-state index contributed by atoms with van der Waals surface area (Å²) in [5.41, 5.74) is 5.66. The van der Waals surface area contributed by atoms with Gasteiger partial charge in [-0.25, -0.2) is 0 Å². The molecule has 3 N–H and O–H groups in total. The van der Waals surface area contributed by atoms with Crippen LogP contribution < -0.4 is 5.73 Å². The van der Waals surface area contributed by atoms with Gasteiger partial charge in [-0.15, -0.1) is 11.3 Å². The second-order valence-corrected chi connectivity index (χ2v) is 4.15. The normalized spacial score (nSPS) is 15.1. The second-order valence-electron chi connectivity index (χ2n) is 3.20. The van der Waals surface area contributed by atoms with Crippen molar-refractivity contribution in [2.24, 2.45) is 5.73 Å². The van der Waals surface area contributed by atoms with E-state index >= 15 is 0 Å². The zero-order chi connectivity index (χ0) is 10.8.